The van der Waals surface area contributed by atoms with Crippen LogP contribution >= 0.6 is 0 Å². The van der Waals surface area contributed by atoms with Crippen LogP contribution in [0.4, 0.5) is 0 Å². The number of hydrogen-bond donors (Lipinski definition) is 3. The first-order valence-electron chi connectivity index (χ1n) is 7.17. The number of rotatable bonds is 5. The molecule has 1 aromatic carbocycles. The van der Waals surface area contributed by atoms with E-state index in [1.807, 2.05) is 30.5 Å². The third kappa shape index (κ3) is 3.26. The van der Waals surface area contributed by atoms with Crippen LogP contribution in [-0.4, -0.2) is 50.4 Å². The fourth-order valence-corrected chi connectivity index (χ4v) is 3.83. The van der Waals surface area contributed by atoms with Gasteiger partial charge < -0.3 is 10.3 Å². The number of aromatic amines is 1. The molecule has 1 saturated heterocycles. The number of hydrogen-bond acceptors (Lipinski definition) is 3. The predicted octanol–water partition coefficient (Wildman–Crippen LogP) is 0.450. The molecule has 7 heteroatoms. The first-order valence-corrected chi connectivity index (χ1v) is 8.61. The Morgan fingerprint density at radius 3 is 2.76 bits per heavy atom. The van der Waals surface area contributed by atoms with Gasteiger partial charge in [0.2, 0.25) is 0 Å². The Labute approximate surface area is 124 Å². The van der Waals surface area contributed by atoms with Crippen molar-refractivity contribution < 1.29 is 8.42 Å². The lowest BCUT2D eigenvalue weighted by molar-refractivity contribution is 0.355. The van der Waals surface area contributed by atoms with Crippen LogP contribution in [0, 0.1) is 0 Å². The lowest BCUT2D eigenvalue weighted by Crippen LogP contribution is -2.50. The van der Waals surface area contributed by atoms with Gasteiger partial charge in [-0.1, -0.05) is 18.2 Å². The molecule has 2 heterocycles. The molecule has 1 fully saturated rings. The molecule has 1 aliphatic rings. The number of aromatic nitrogens is 1. The Hall–Kier alpha value is -1.41. The summed E-state index contributed by atoms with van der Waals surface area (Å²) in [5.74, 6) is 0. The molecule has 2 aromatic rings. The standard InChI is InChI=1S/C14H20N4O2S/c19-21(20,18-9-7-15-8-10-18)17-6-5-12-11-16-14-4-2-1-3-13(12)14/h1-4,11,15-17H,5-10H2. The van der Waals surface area contributed by atoms with Gasteiger partial charge in [0.1, 0.15) is 0 Å². The molecule has 114 valence electrons. The third-order valence-corrected chi connectivity index (χ3v) is 5.38. The van der Waals surface area contributed by atoms with Crippen molar-refractivity contribution in [2.75, 3.05) is 32.7 Å². The van der Waals surface area contributed by atoms with Crippen molar-refractivity contribution >= 4 is 21.1 Å². The van der Waals surface area contributed by atoms with Crippen molar-refractivity contribution in [3.63, 3.8) is 0 Å². The second-order valence-electron chi connectivity index (χ2n) is 5.16. The maximum Gasteiger partial charge on any atom is 0.279 e. The molecule has 0 radical (unpaired) electrons. The Kier molecular flexibility index (Phi) is 4.25. The van der Waals surface area contributed by atoms with Gasteiger partial charge in [0, 0.05) is 49.8 Å². The zero-order valence-electron chi connectivity index (χ0n) is 11.8. The van der Waals surface area contributed by atoms with Gasteiger partial charge in [0.15, 0.2) is 0 Å². The van der Waals surface area contributed by atoms with E-state index in [0.29, 0.717) is 39.1 Å². The van der Waals surface area contributed by atoms with Gasteiger partial charge in [-0.3, -0.25) is 0 Å². The average Bonchev–Trinajstić information content (AvgIpc) is 2.92. The second kappa shape index (κ2) is 6.15. The van der Waals surface area contributed by atoms with E-state index < -0.39 is 10.2 Å². The molecule has 0 saturated carbocycles. The summed E-state index contributed by atoms with van der Waals surface area (Å²) in [4.78, 5) is 3.20. The number of benzene rings is 1. The molecule has 6 nitrogen and oxygen atoms in total. The molecule has 0 atom stereocenters. The highest BCUT2D eigenvalue weighted by Gasteiger charge is 2.22. The highest BCUT2D eigenvalue weighted by molar-refractivity contribution is 7.87. The fraction of sp³-hybridized carbons (Fsp3) is 0.429. The molecule has 0 spiro atoms. The SMILES string of the molecule is O=S(=O)(NCCc1c[nH]c2ccccc12)N1CCNCC1. The molecule has 3 N–H and O–H groups in total. The summed E-state index contributed by atoms with van der Waals surface area (Å²) in [5, 5.41) is 4.30. The number of nitrogens with one attached hydrogen (secondary N) is 3. The summed E-state index contributed by atoms with van der Waals surface area (Å²) in [5.41, 5.74) is 2.21. The zero-order chi connectivity index (χ0) is 14.7. The van der Waals surface area contributed by atoms with Crippen molar-refractivity contribution in [3.8, 4) is 0 Å². The molecule has 0 amide bonds. The summed E-state index contributed by atoms with van der Waals surface area (Å²) < 4.78 is 28.5. The minimum atomic E-state index is -3.36. The molecule has 0 bridgehead atoms. The summed E-state index contributed by atoms with van der Waals surface area (Å²) in [7, 11) is -3.36. The van der Waals surface area contributed by atoms with Crippen LogP contribution in [0.2, 0.25) is 0 Å². The smallest absolute Gasteiger partial charge is 0.279 e. The first-order chi connectivity index (χ1) is 10.2. The number of H-pyrrole nitrogens is 1. The lowest BCUT2D eigenvalue weighted by Gasteiger charge is -2.26. The average molecular weight is 308 g/mol. The number of piperazine rings is 1. The molecular formula is C14H20N4O2S. The van der Waals surface area contributed by atoms with Crippen LogP contribution in [0.1, 0.15) is 5.56 Å². The van der Waals surface area contributed by atoms with Gasteiger partial charge >= 0.3 is 0 Å². The van der Waals surface area contributed by atoms with E-state index in [4.69, 9.17) is 0 Å². The summed E-state index contributed by atoms with van der Waals surface area (Å²) in [6, 6.07) is 8.04. The van der Waals surface area contributed by atoms with E-state index in [0.717, 1.165) is 16.5 Å². The van der Waals surface area contributed by atoms with Crippen LogP contribution in [0.3, 0.4) is 0 Å². The molecule has 3 rings (SSSR count). The van der Waals surface area contributed by atoms with Gasteiger partial charge in [-0.25, -0.2) is 4.72 Å². The highest BCUT2D eigenvalue weighted by Crippen LogP contribution is 2.17. The van der Waals surface area contributed by atoms with Crippen LogP contribution in [0.15, 0.2) is 30.5 Å². The monoisotopic (exact) mass is 308 g/mol. The van der Waals surface area contributed by atoms with Gasteiger partial charge in [0.25, 0.3) is 10.2 Å². The zero-order valence-corrected chi connectivity index (χ0v) is 12.6. The van der Waals surface area contributed by atoms with Crippen molar-refractivity contribution in [1.29, 1.82) is 0 Å². The summed E-state index contributed by atoms with van der Waals surface area (Å²) in [6.07, 6.45) is 2.62. The lowest BCUT2D eigenvalue weighted by atomic mass is 10.1. The van der Waals surface area contributed by atoms with Gasteiger partial charge in [-0.15, -0.1) is 0 Å². The van der Waals surface area contributed by atoms with Crippen LogP contribution in [0.5, 0.6) is 0 Å². The van der Waals surface area contributed by atoms with Crippen molar-refractivity contribution in [2.24, 2.45) is 0 Å². The topological polar surface area (TPSA) is 77.2 Å². The normalized spacial score (nSPS) is 17.3. The van der Waals surface area contributed by atoms with Crippen molar-refractivity contribution in [1.82, 2.24) is 19.3 Å². The Balaban J connectivity index is 1.60. The fourth-order valence-electron chi connectivity index (χ4n) is 2.63. The number of fused-ring (bicyclic) bond motifs is 1. The molecule has 0 aliphatic carbocycles. The van der Waals surface area contributed by atoms with Crippen molar-refractivity contribution in [3.05, 3.63) is 36.0 Å². The van der Waals surface area contributed by atoms with E-state index in [9.17, 15) is 8.42 Å². The molecule has 21 heavy (non-hydrogen) atoms. The van der Waals surface area contributed by atoms with Gasteiger partial charge in [0.05, 0.1) is 0 Å². The summed E-state index contributed by atoms with van der Waals surface area (Å²) in [6.45, 7) is 2.89. The number of nitrogens with zero attached hydrogens (tertiary/aromatic N) is 1. The van der Waals surface area contributed by atoms with E-state index >= 15 is 0 Å². The predicted molar refractivity (Wildman–Crippen MR) is 83.4 cm³/mol. The molecule has 1 aromatic heterocycles. The van der Waals surface area contributed by atoms with E-state index in [-0.39, 0.29) is 0 Å². The maximum absolute atomic E-state index is 12.2. The minimum absolute atomic E-state index is 0.411. The Morgan fingerprint density at radius 2 is 1.95 bits per heavy atom. The van der Waals surface area contributed by atoms with Gasteiger partial charge in [-0.2, -0.15) is 12.7 Å². The Bertz CT molecular complexity index is 705. The summed E-state index contributed by atoms with van der Waals surface area (Å²) >= 11 is 0. The largest absolute Gasteiger partial charge is 0.361 e. The van der Waals surface area contributed by atoms with E-state index in [1.165, 1.54) is 4.31 Å². The maximum atomic E-state index is 12.2. The van der Waals surface area contributed by atoms with Crippen LogP contribution in [0.25, 0.3) is 10.9 Å². The Morgan fingerprint density at radius 1 is 1.19 bits per heavy atom. The molecular weight excluding hydrogens is 288 g/mol. The third-order valence-electron chi connectivity index (χ3n) is 3.77. The minimum Gasteiger partial charge on any atom is -0.361 e. The van der Waals surface area contributed by atoms with Crippen LogP contribution in [-0.2, 0) is 16.6 Å². The molecule has 0 unspecified atom stereocenters. The van der Waals surface area contributed by atoms with E-state index in [1.54, 1.807) is 0 Å². The van der Waals surface area contributed by atoms with Crippen LogP contribution < -0.4 is 10.0 Å². The number of para-hydroxylation sites is 1. The van der Waals surface area contributed by atoms with E-state index in [2.05, 4.69) is 15.0 Å². The second-order valence-corrected chi connectivity index (χ2v) is 6.91. The van der Waals surface area contributed by atoms with Crippen molar-refractivity contribution in [2.45, 2.75) is 6.42 Å². The van der Waals surface area contributed by atoms with Gasteiger partial charge in [-0.05, 0) is 18.1 Å². The molecule has 1 aliphatic heterocycles. The quantitative estimate of drug-likeness (QED) is 0.750. The highest BCUT2D eigenvalue weighted by atomic mass is 32.2. The first kappa shape index (κ1) is 14.5.